The standard InChI is InChI=1S/C33H30ClN2O6P/c1-33(21-30(34)37)22-31(38)35(33)43(26-14-5-2-6-15-26,27-16-7-3-8-17-27,28-18-9-4-10-19-28)24-32(39)42-23-25-13-11-12-20-29(25)36(40)41/h2-20H,21-24H2,1H3. The molecular weight excluding hydrogens is 587 g/mol. The first-order valence-corrected chi connectivity index (χ1v) is 16.4. The molecule has 1 aliphatic rings. The van der Waals surface area contributed by atoms with Crippen molar-refractivity contribution in [2.75, 3.05) is 6.16 Å². The van der Waals surface area contributed by atoms with Crippen LogP contribution in [0.2, 0.25) is 0 Å². The van der Waals surface area contributed by atoms with Gasteiger partial charge in [0.25, 0.3) is 0 Å². The van der Waals surface area contributed by atoms with Crippen molar-refractivity contribution in [1.82, 2.24) is 4.67 Å². The first-order valence-electron chi connectivity index (χ1n) is 13.7. The van der Waals surface area contributed by atoms with Gasteiger partial charge in [-0.3, -0.25) is 0 Å². The van der Waals surface area contributed by atoms with Crippen molar-refractivity contribution in [3.8, 4) is 0 Å². The molecule has 1 fully saturated rings. The first-order chi connectivity index (χ1) is 20.6. The van der Waals surface area contributed by atoms with E-state index >= 15 is 0 Å². The van der Waals surface area contributed by atoms with Crippen LogP contribution in [0.25, 0.3) is 0 Å². The fourth-order valence-corrected chi connectivity index (χ4v) is 13.9. The number of benzene rings is 4. The summed E-state index contributed by atoms with van der Waals surface area (Å²) in [7, 11) is 0. The van der Waals surface area contributed by atoms with Crippen LogP contribution in [0.3, 0.4) is 0 Å². The summed E-state index contributed by atoms with van der Waals surface area (Å²) in [6.45, 7) is -2.87. The second kappa shape index (κ2) is 11.7. The first kappa shape index (κ1) is 30.1. The van der Waals surface area contributed by atoms with E-state index in [9.17, 15) is 24.5 Å². The summed E-state index contributed by atoms with van der Waals surface area (Å²) in [5, 5.41) is 13.2. The molecule has 1 atom stereocenters. The molecule has 1 heterocycles. The van der Waals surface area contributed by atoms with E-state index in [-0.39, 0.29) is 42.8 Å². The number of nitrogens with zero attached hydrogens (tertiary/aromatic N) is 2. The molecule has 0 bridgehead atoms. The van der Waals surface area contributed by atoms with Crippen LogP contribution in [0.15, 0.2) is 115 Å². The number of carbonyl (C=O) groups excluding carboxylic acids is 3. The van der Waals surface area contributed by atoms with E-state index in [4.69, 9.17) is 16.3 Å². The summed E-state index contributed by atoms with van der Waals surface area (Å²) >= 11 is 5.98. The summed E-state index contributed by atoms with van der Waals surface area (Å²) in [6, 6.07) is 34.2. The molecular formula is C33H30ClN2O6P. The van der Waals surface area contributed by atoms with Gasteiger partial charge in [0.15, 0.2) is 0 Å². The van der Waals surface area contributed by atoms with Crippen molar-refractivity contribution < 1.29 is 24.0 Å². The number of halogens is 1. The van der Waals surface area contributed by atoms with Crippen molar-refractivity contribution in [3.05, 3.63) is 131 Å². The Morgan fingerprint density at radius 3 is 1.77 bits per heavy atom. The molecule has 1 aliphatic heterocycles. The van der Waals surface area contributed by atoms with Gasteiger partial charge in [-0.2, -0.15) is 0 Å². The predicted molar refractivity (Wildman–Crippen MR) is 168 cm³/mol. The van der Waals surface area contributed by atoms with E-state index in [0.717, 1.165) is 15.9 Å². The van der Waals surface area contributed by atoms with Crippen LogP contribution in [0.4, 0.5) is 5.69 Å². The van der Waals surface area contributed by atoms with Crippen molar-refractivity contribution >= 4 is 57.1 Å². The molecule has 1 unspecified atom stereocenters. The zero-order valence-electron chi connectivity index (χ0n) is 23.5. The zero-order valence-corrected chi connectivity index (χ0v) is 25.1. The van der Waals surface area contributed by atoms with Crippen LogP contribution in [0.1, 0.15) is 25.3 Å². The SMILES string of the molecule is CC1(CC(=O)Cl)CC(=O)N1P(CC(=O)OCc1ccccc1[N+](=O)[O-])(c1ccccc1)(c1ccccc1)c1ccccc1. The number of carbonyl (C=O) groups is 3. The van der Waals surface area contributed by atoms with Gasteiger partial charge >= 0.3 is 255 Å². The summed E-state index contributed by atoms with van der Waals surface area (Å²) in [6.07, 6.45) is -0.306. The van der Waals surface area contributed by atoms with Crippen LogP contribution < -0.4 is 15.9 Å². The third-order valence-corrected chi connectivity index (χ3v) is 15.0. The van der Waals surface area contributed by atoms with E-state index in [2.05, 4.69) is 0 Å². The van der Waals surface area contributed by atoms with E-state index in [1.807, 2.05) is 97.9 Å². The Bertz CT molecular complexity index is 1590. The number of rotatable bonds is 11. The van der Waals surface area contributed by atoms with Crippen LogP contribution in [-0.4, -0.2) is 38.4 Å². The Kier molecular flexibility index (Phi) is 8.19. The molecule has 0 radical (unpaired) electrons. The molecule has 4 aromatic rings. The fourth-order valence-electron chi connectivity index (χ4n) is 6.55. The molecule has 0 saturated carbocycles. The monoisotopic (exact) mass is 616 g/mol. The Morgan fingerprint density at radius 1 is 0.860 bits per heavy atom. The van der Waals surface area contributed by atoms with E-state index in [0.29, 0.717) is 0 Å². The molecule has 8 nitrogen and oxygen atoms in total. The molecule has 5 rings (SSSR count). The normalized spacial score (nSPS) is 17.3. The van der Waals surface area contributed by atoms with Gasteiger partial charge in [0.1, 0.15) is 0 Å². The van der Waals surface area contributed by atoms with Crippen molar-refractivity contribution in [2.45, 2.75) is 31.9 Å². The maximum absolute atomic E-state index is 14.2. The minimum absolute atomic E-state index is 0.0706. The molecule has 4 aromatic carbocycles. The number of hydrogen-bond acceptors (Lipinski definition) is 6. The van der Waals surface area contributed by atoms with Gasteiger partial charge in [-0.25, -0.2) is 0 Å². The van der Waals surface area contributed by atoms with Crippen LogP contribution in [-0.2, 0) is 25.7 Å². The average molecular weight is 617 g/mol. The quantitative estimate of drug-likeness (QED) is 0.0571. The van der Waals surface area contributed by atoms with Gasteiger partial charge < -0.3 is 0 Å². The van der Waals surface area contributed by atoms with E-state index < -0.39 is 28.4 Å². The Labute approximate surface area is 254 Å². The molecule has 43 heavy (non-hydrogen) atoms. The third kappa shape index (κ3) is 5.01. The average Bonchev–Trinajstić information content (AvgIpc) is 3.00. The molecule has 10 heteroatoms. The van der Waals surface area contributed by atoms with E-state index in [1.54, 1.807) is 22.9 Å². The molecule has 220 valence electrons. The molecule has 0 aromatic heterocycles. The van der Waals surface area contributed by atoms with Crippen LogP contribution in [0, 0.1) is 10.1 Å². The second-order valence-corrected chi connectivity index (χ2v) is 16.1. The maximum atomic E-state index is 14.2. The number of hydrogen-bond donors (Lipinski definition) is 0. The number of ether oxygens (including phenoxy) is 1. The second-order valence-electron chi connectivity index (χ2n) is 10.9. The van der Waals surface area contributed by atoms with Crippen LogP contribution in [0.5, 0.6) is 0 Å². The van der Waals surface area contributed by atoms with Gasteiger partial charge in [0, 0.05) is 0 Å². The third-order valence-electron chi connectivity index (χ3n) is 8.19. The molecule has 1 saturated heterocycles. The number of β-lactam (4-membered cyclic amide) rings is 1. The van der Waals surface area contributed by atoms with Crippen molar-refractivity contribution in [1.29, 1.82) is 0 Å². The summed E-state index contributed by atoms with van der Waals surface area (Å²) in [4.78, 5) is 51.8. The number of nitro groups is 1. The van der Waals surface area contributed by atoms with Gasteiger partial charge in [0.05, 0.1) is 0 Å². The van der Waals surface area contributed by atoms with Crippen molar-refractivity contribution in [2.24, 2.45) is 0 Å². The van der Waals surface area contributed by atoms with Gasteiger partial charge in [-0.15, -0.1) is 0 Å². The Balaban J connectivity index is 1.80. The molecule has 0 aliphatic carbocycles. The number of nitro benzene ring substituents is 1. The Morgan fingerprint density at radius 2 is 1.33 bits per heavy atom. The molecule has 0 spiro atoms. The topological polar surface area (TPSA) is 107 Å². The van der Waals surface area contributed by atoms with Gasteiger partial charge in [0.2, 0.25) is 0 Å². The van der Waals surface area contributed by atoms with Crippen molar-refractivity contribution in [3.63, 3.8) is 0 Å². The van der Waals surface area contributed by atoms with Gasteiger partial charge in [-0.1, -0.05) is 0 Å². The number of esters is 1. The van der Waals surface area contributed by atoms with E-state index in [1.165, 1.54) is 6.07 Å². The summed E-state index contributed by atoms with van der Waals surface area (Å²) in [5.41, 5.74) is -0.917. The zero-order chi connectivity index (χ0) is 30.7. The Hall–Kier alpha value is -4.39. The predicted octanol–water partition coefficient (Wildman–Crippen LogP) is 5.23. The molecule has 1 amide bonds. The number of para-hydroxylation sites is 1. The molecule has 0 N–H and O–H groups in total. The van der Waals surface area contributed by atoms with Crippen LogP contribution >= 0.6 is 18.4 Å². The van der Waals surface area contributed by atoms with Gasteiger partial charge in [-0.05, 0) is 0 Å². The fraction of sp³-hybridized carbons (Fsp3) is 0.182. The number of amides is 1. The minimum atomic E-state index is -4.37. The summed E-state index contributed by atoms with van der Waals surface area (Å²) < 4.78 is 7.58. The summed E-state index contributed by atoms with van der Waals surface area (Å²) in [5.74, 6) is -0.868.